The number of hydrogen-bond acceptors (Lipinski definition) is 3. The quantitative estimate of drug-likeness (QED) is 0.874. The van der Waals surface area contributed by atoms with E-state index in [4.69, 9.17) is 0 Å². The van der Waals surface area contributed by atoms with Gasteiger partial charge in [-0.2, -0.15) is 4.98 Å². The third-order valence-corrected chi connectivity index (χ3v) is 2.71. The molecule has 84 valence electrons. The fourth-order valence-electron chi connectivity index (χ4n) is 1.52. The van der Waals surface area contributed by atoms with Crippen LogP contribution in [0.4, 0.5) is 0 Å². The first-order valence-electron chi connectivity index (χ1n) is 4.88. The highest BCUT2D eigenvalue weighted by Crippen LogP contribution is 2.15. The normalized spacial score (nSPS) is 12.9. The van der Waals surface area contributed by atoms with Crippen molar-refractivity contribution in [2.75, 3.05) is 0 Å². The second-order valence-electron chi connectivity index (χ2n) is 3.61. The molecule has 2 heterocycles. The van der Waals surface area contributed by atoms with Crippen LogP contribution in [0.25, 0.3) is 5.65 Å². The Hall–Kier alpha value is -1.43. The average molecular weight is 283 g/mol. The molecule has 2 aromatic rings. The minimum Gasteiger partial charge on any atom is -0.321 e. The number of halogens is 1. The lowest BCUT2D eigenvalue weighted by atomic mass is 10.1. The molecule has 0 aliphatic rings. The molecule has 0 saturated heterocycles. The van der Waals surface area contributed by atoms with Crippen molar-refractivity contribution < 1.29 is 0 Å². The second kappa shape index (κ2) is 4.21. The van der Waals surface area contributed by atoms with Gasteiger partial charge in [-0.25, -0.2) is 4.52 Å². The van der Waals surface area contributed by atoms with Crippen molar-refractivity contribution in [3.63, 3.8) is 0 Å². The topological polar surface area (TPSA) is 63.1 Å². The van der Waals surface area contributed by atoms with Crippen LogP contribution in [0.5, 0.6) is 0 Å². The van der Waals surface area contributed by atoms with Crippen molar-refractivity contribution in [3.05, 3.63) is 39.6 Å². The van der Waals surface area contributed by atoms with Gasteiger partial charge in [-0.05, 0) is 22.4 Å². The minimum absolute atomic E-state index is 0.206. The zero-order chi connectivity index (χ0) is 11.7. The molecule has 0 bridgehead atoms. The maximum absolute atomic E-state index is 11.7. The molecule has 0 aliphatic carbocycles. The molecule has 0 amide bonds. The molecular formula is C10H11BrN4O. The van der Waals surface area contributed by atoms with Crippen LogP contribution in [0, 0.1) is 0 Å². The number of nitrogens with one attached hydrogen (secondary N) is 1. The van der Waals surface area contributed by atoms with Crippen LogP contribution < -0.4 is 5.56 Å². The first-order valence-corrected chi connectivity index (χ1v) is 5.67. The molecule has 16 heavy (non-hydrogen) atoms. The summed E-state index contributed by atoms with van der Waals surface area (Å²) in [5, 5.41) is 4.05. The number of rotatable bonds is 3. The number of allylic oxidation sites excluding steroid dienone is 1. The van der Waals surface area contributed by atoms with E-state index in [9.17, 15) is 4.79 Å². The van der Waals surface area contributed by atoms with E-state index in [1.807, 2.05) is 13.0 Å². The van der Waals surface area contributed by atoms with E-state index in [-0.39, 0.29) is 11.5 Å². The van der Waals surface area contributed by atoms with E-state index >= 15 is 0 Å². The summed E-state index contributed by atoms with van der Waals surface area (Å²) in [4.78, 5) is 18.5. The van der Waals surface area contributed by atoms with Gasteiger partial charge < -0.3 is 4.98 Å². The predicted molar refractivity (Wildman–Crippen MR) is 64.5 cm³/mol. The highest BCUT2D eigenvalue weighted by molar-refractivity contribution is 9.10. The van der Waals surface area contributed by atoms with Gasteiger partial charge >= 0.3 is 0 Å². The molecule has 0 aliphatic heterocycles. The van der Waals surface area contributed by atoms with E-state index in [1.165, 1.54) is 4.52 Å². The summed E-state index contributed by atoms with van der Waals surface area (Å²) < 4.78 is 1.89. The van der Waals surface area contributed by atoms with Crippen LogP contribution >= 0.6 is 15.9 Å². The third-order valence-electron chi connectivity index (χ3n) is 2.38. The largest absolute Gasteiger partial charge is 0.321 e. The Labute approximate surface area is 100 Å². The number of hydrogen-bond donors (Lipinski definition) is 1. The smallest absolute Gasteiger partial charge is 0.293 e. The number of H-pyrrole nitrogens is 1. The second-order valence-corrected chi connectivity index (χ2v) is 4.32. The van der Waals surface area contributed by atoms with Crippen LogP contribution in [0.2, 0.25) is 0 Å². The van der Waals surface area contributed by atoms with Gasteiger partial charge in [0.15, 0.2) is 0 Å². The molecule has 0 radical (unpaired) electrons. The molecule has 0 spiro atoms. The molecule has 1 unspecified atom stereocenters. The van der Waals surface area contributed by atoms with Crippen LogP contribution in [-0.4, -0.2) is 19.6 Å². The van der Waals surface area contributed by atoms with Crippen LogP contribution in [0.1, 0.15) is 25.0 Å². The minimum atomic E-state index is -0.230. The van der Waals surface area contributed by atoms with Crippen molar-refractivity contribution in [2.45, 2.75) is 19.3 Å². The fraction of sp³-hybridized carbons (Fsp3) is 0.300. The molecule has 0 saturated carbocycles. The zero-order valence-electron chi connectivity index (χ0n) is 8.77. The molecule has 0 fully saturated rings. The Kier molecular flexibility index (Phi) is 2.91. The molecule has 6 heteroatoms. The van der Waals surface area contributed by atoms with E-state index in [0.29, 0.717) is 10.4 Å². The fourth-order valence-corrected chi connectivity index (χ4v) is 1.86. The monoisotopic (exact) mass is 282 g/mol. The van der Waals surface area contributed by atoms with Crippen molar-refractivity contribution in [1.82, 2.24) is 19.6 Å². The van der Waals surface area contributed by atoms with Crippen molar-refractivity contribution in [2.24, 2.45) is 0 Å². The average Bonchev–Trinajstić information content (AvgIpc) is 2.59. The standard InChI is InChI=1S/C10H11BrN4O/c1-3-4-6(2)7-5-15-8(9(16)12-7)13-10(11)14-15/h3,5-6H,1,4H2,2H3,(H,12,16). The Bertz CT molecular complexity index is 586. The van der Waals surface area contributed by atoms with Crippen molar-refractivity contribution in [3.8, 4) is 0 Å². The molecule has 1 atom stereocenters. The van der Waals surface area contributed by atoms with Gasteiger partial charge in [-0.1, -0.05) is 13.0 Å². The summed E-state index contributed by atoms with van der Waals surface area (Å²) in [6, 6.07) is 0. The molecule has 5 nitrogen and oxygen atoms in total. The lowest BCUT2D eigenvalue weighted by molar-refractivity contribution is 0.727. The van der Waals surface area contributed by atoms with Crippen LogP contribution in [-0.2, 0) is 0 Å². The van der Waals surface area contributed by atoms with Gasteiger partial charge in [0.2, 0.25) is 10.4 Å². The van der Waals surface area contributed by atoms with E-state index in [1.54, 1.807) is 6.20 Å². The van der Waals surface area contributed by atoms with Gasteiger partial charge in [-0.3, -0.25) is 4.79 Å². The number of fused-ring (bicyclic) bond motifs is 1. The van der Waals surface area contributed by atoms with Gasteiger partial charge in [-0.15, -0.1) is 11.7 Å². The van der Waals surface area contributed by atoms with E-state index in [0.717, 1.165) is 12.1 Å². The van der Waals surface area contributed by atoms with Crippen LogP contribution in [0.3, 0.4) is 0 Å². The summed E-state index contributed by atoms with van der Waals surface area (Å²) in [6.45, 7) is 5.70. The highest BCUT2D eigenvalue weighted by Gasteiger charge is 2.10. The lowest BCUT2D eigenvalue weighted by Gasteiger charge is -2.08. The van der Waals surface area contributed by atoms with Crippen molar-refractivity contribution in [1.29, 1.82) is 0 Å². The maximum Gasteiger partial charge on any atom is 0.293 e. The molecular weight excluding hydrogens is 272 g/mol. The maximum atomic E-state index is 11.7. The Morgan fingerprint density at radius 2 is 2.50 bits per heavy atom. The summed E-state index contributed by atoms with van der Waals surface area (Å²) >= 11 is 3.14. The lowest BCUT2D eigenvalue weighted by Crippen LogP contribution is -2.15. The first kappa shape index (κ1) is 11.1. The van der Waals surface area contributed by atoms with E-state index < -0.39 is 0 Å². The summed E-state index contributed by atoms with van der Waals surface area (Å²) in [6.07, 6.45) is 4.41. The Morgan fingerprint density at radius 1 is 1.75 bits per heavy atom. The SMILES string of the molecule is C=CCC(C)c1cn2nc(Br)nc2c(=O)[nH]1. The molecule has 2 rings (SSSR count). The first-order chi connectivity index (χ1) is 7.61. The summed E-state index contributed by atoms with van der Waals surface area (Å²) in [7, 11) is 0. The van der Waals surface area contributed by atoms with Gasteiger partial charge in [0, 0.05) is 11.6 Å². The number of aromatic amines is 1. The van der Waals surface area contributed by atoms with E-state index in [2.05, 4.69) is 37.6 Å². The molecule has 0 aromatic carbocycles. The van der Waals surface area contributed by atoms with Gasteiger partial charge in [0.05, 0.1) is 6.20 Å². The third kappa shape index (κ3) is 1.92. The Morgan fingerprint density at radius 3 is 3.19 bits per heavy atom. The van der Waals surface area contributed by atoms with Gasteiger partial charge in [0.1, 0.15) is 0 Å². The van der Waals surface area contributed by atoms with Crippen molar-refractivity contribution >= 4 is 21.6 Å². The molecule has 2 aromatic heterocycles. The Balaban J connectivity index is 2.57. The number of nitrogens with zero attached hydrogens (tertiary/aromatic N) is 3. The number of aromatic nitrogens is 4. The van der Waals surface area contributed by atoms with Gasteiger partial charge in [0.25, 0.3) is 5.56 Å². The molecule has 1 N–H and O–H groups in total. The summed E-state index contributed by atoms with van der Waals surface area (Å²) in [5.41, 5.74) is 0.892. The van der Waals surface area contributed by atoms with Crippen LogP contribution in [0.15, 0.2) is 28.4 Å². The summed E-state index contributed by atoms with van der Waals surface area (Å²) in [5.74, 6) is 0.206. The zero-order valence-corrected chi connectivity index (χ0v) is 10.4. The predicted octanol–water partition coefficient (Wildman–Crippen LogP) is 1.86. The highest BCUT2D eigenvalue weighted by atomic mass is 79.9.